The zero-order chi connectivity index (χ0) is 27.2. The highest BCUT2D eigenvalue weighted by Gasteiger charge is 2.17. The van der Waals surface area contributed by atoms with Crippen molar-refractivity contribution in [2.45, 2.75) is 13.5 Å². The third-order valence-electron chi connectivity index (χ3n) is 5.52. The average Bonchev–Trinajstić information content (AvgIpc) is 2.96. The maximum atomic E-state index is 12.3. The van der Waals surface area contributed by atoms with Crippen LogP contribution in [0.1, 0.15) is 12.5 Å². The average molecular weight is 526 g/mol. The minimum absolute atomic E-state index is 0.202. The summed E-state index contributed by atoms with van der Waals surface area (Å²) >= 11 is 0. The standard InChI is InChI=1S/C29H35NO8/c1-5-35-23-15-13-22(14-16-23)21-38-25-10-7-6-9-24(25)36-19-17-30(29(31)34-4)18-20-37-28-26(32-2)11-8-12-27(28)33-3/h6-16H,5,17-21H2,1-4H3. The Morgan fingerprint density at radius 3 is 1.84 bits per heavy atom. The SMILES string of the molecule is CCOc1ccc(COc2ccccc2OCCN(CCOc2c(OC)cccc2OC)C(=O)OC)cc1. The zero-order valence-electron chi connectivity index (χ0n) is 22.3. The number of benzene rings is 3. The third-order valence-corrected chi connectivity index (χ3v) is 5.52. The molecule has 3 aromatic rings. The lowest BCUT2D eigenvalue weighted by Crippen LogP contribution is -2.37. The molecule has 0 N–H and O–H groups in total. The van der Waals surface area contributed by atoms with Crippen LogP contribution in [0.5, 0.6) is 34.5 Å². The van der Waals surface area contributed by atoms with E-state index >= 15 is 0 Å². The normalized spacial score (nSPS) is 10.3. The predicted octanol–water partition coefficient (Wildman–Crippen LogP) is 5.21. The van der Waals surface area contributed by atoms with E-state index in [0.29, 0.717) is 42.0 Å². The lowest BCUT2D eigenvalue weighted by molar-refractivity contribution is 0.106. The molecule has 38 heavy (non-hydrogen) atoms. The molecular weight excluding hydrogens is 490 g/mol. The van der Waals surface area contributed by atoms with Gasteiger partial charge in [-0.3, -0.25) is 0 Å². The molecule has 0 aromatic heterocycles. The van der Waals surface area contributed by atoms with Crippen molar-refractivity contribution in [2.75, 3.05) is 54.2 Å². The van der Waals surface area contributed by atoms with Crippen LogP contribution in [0.15, 0.2) is 66.7 Å². The number of carbonyl (C=O) groups is 1. The van der Waals surface area contributed by atoms with Crippen molar-refractivity contribution in [3.8, 4) is 34.5 Å². The molecule has 0 spiro atoms. The van der Waals surface area contributed by atoms with E-state index in [9.17, 15) is 4.79 Å². The highest BCUT2D eigenvalue weighted by Crippen LogP contribution is 2.36. The monoisotopic (exact) mass is 525 g/mol. The van der Waals surface area contributed by atoms with Crippen LogP contribution in [-0.4, -0.2) is 65.2 Å². The molecule has 0 aliphatic carbocycles. The maximum absolute atomic E-state index is 12.3. The molecule has 1 amide bonds. The number of hydrogen-bond donors (Lipinski definition) is 0. The fourth-order valence-electron chi connectivity index (χ4n) is 3.60. The lowest BCUT2D eigenvalue weighted by Gasteiger charge is -2.22. The summed E-state index contributed by atoms with van der Waals surface area (Å²) in [6.07, 6.45) is -0.482. The van der Waals surface area contributed by atoms with Gasteiger partial charge < -0.3 is 38.1 Å². The Balaban J connectivity index is 1.54. The number of para-hydroxylation sites is 3. The fraction of sp³-hybridized carbons (Fsp3) is 0.345. The van der Waals surface area contributed by atoms with Gasteiger partial charge in [0.1, 0.15) is 25.6 Å². The second-order valence-electron chi connectivity index (χ2n) is 7.96. The van der Waals surface area contributed by atoms with Gasteiger partial charge in [0.2, 0.25) is 5.75 Å². The molecule has 9 nitrogen and oxygen atoms in total. The molecule has 0 aliphatic heterocycles. The summed E-state index contributed by atoms with van der Waals surface area (Å²) in [6.45, 7) is 3.94. The highest BCUT2D eigenvalue weighted by molar-refractivity contribution is 5.67. The fourth-order valence-corrected chi connectivity index (χ4v) is 3.60. The number of carbonyl (C=O) groups excluding carboxylic acids is 1. The van der Waals surface area contributed by atoms with Gasteiger partial charge in [-0.25, -0.2) is 4.79 Å². The molecule has 204 valence electrons. The number of nitrogens with zero attached hydrogens (tertiary/aromatic N) is 1. The van der Waals surface area contributed by atoms with E-state index in [1.165, 1.54) is 12.0 Å². The maximum Gasteiger partial charge on any atom is 0.409 e. The number of hydrogen-bond acceptors (Lipinski definition) is 8. The molecule has 3 aromatic carbocycles. The molecule has 0 saturated heterocycles. The minimum atomic E-state index is -0.482. The Labute approximate surface area is 223 Å². The van der Waals surface area contributed by atoms with Gasteiger partial charge in [0.05, 0.1) is 41.0 Å². The zero-order valence-corrected chi connectivity index (χ0v) is 22.3. The van der Waals surface area contributed by atoms with Gasteiger partial charge in [-0.15, -0.1) is 0 Å². The van der Waals surface area contributed by atoms with Crippen LogP contribution in [0, 0.1) is 0 Å². The molecule has 0 heterocycles. The smallest absolute Gasteiger partial charge is 0.409 e. The van der Waals surface area contributed by atoms with Crippen LogP contribution in [0.2, 0.25) is 0 Å². The highest BCUT2D eigenvalue weighted by atomic mass is 16.6. The van der Waals surface area contributed by atoms with Crippen LogP contribution in [0.25, 0.3) is 0 Å². The number of ether oxygens (including phenoxy) is 7. The molecule has 0 unspecified atom stereocenters. The first kappa shape index (κ1) is 28.3. The summed E-state index contributed by atoms with van der Waals surface area (Å²) in [5.41, 5.74) is 1.01. The molecular formula is C29H35NO8. The summed E-state index contributed by atoms with van der Waals surface area (Å²) in [7, 11) is 4.45. The van der Waals surface area contributed by atoms with Crippen LogP contribution < -0.4 is 28.4 Å². The molecule has 0 radical (unpaired) electrons. The summed E-state index contributed by atoms with van der Waals surface area (Å²) in [6, 6.07) is 20.5. The van der Waals surface area contributed by atoms with Crippen LogP contribution >= 0.6 is 0 Å². The first-order chi connectivity index (χ1) is 18.6. The van der Waals surface area contributed by atoms with Gasteiger partial charge in [-0.05, 0) is 48.9 Å². The molecule has 0 fully saturated rings. The summed E-state index contributed by atoms with van der Waals surface area (Å²) in [4.78, 5) is 13.8. The van der Waals surface area contributed by atoms with Crippen molar-refractivity contribution in [1.29, 1.82) is 0 Å². The quantitative estimate of drug-likeness (QED) is 0.267. The van der Waals surface area contributed by atoms with Crippen molar-refractivity contribution in [3.05, 3.63) is 72.3 Å². The summed E-state index contributed by atoms with van der Waals surface area (Å²) < 4.78 is 39.0. The largest absolute Gasteiger partial charge is 0.494 e. The third kappa shape index (κ3) is 8.12. The topological polar surface area (TPSA) is 84.9 Å². The second-order valence-corrected chi connectivity index (χ2v) is 7.96. The van der Waals surface area contributed by atoms with E-state index in [-0.39, 0.29) is 26.3 Å². The Morgan fingerprint density at radius 1 is 0.684 bits per heavy atom. The lowest BCUT2D eigenvalue weighted by atomic mass is 10.2. The van der Waals surface area contributed by atoms with E-state index in [2.05, 4.69) is 0 Å². The van der Waals surface area contributed by atoms with E-state index in [1.807, 2.05) is 61.5 Å². The van der Waals surface area contributed by atoms with E-state index in [4.69, 9.17) is 33.2 Å². The van der Waals surface area contributed by atoms with Crippen molar-refractivity contribution in [1.82, 2.24) is 4.90 Å². The van der Waals surface area contributed by atoms with E-state index < -0.39 is 6.09 Å². The number of amides is 1. The van der Waals surface area contributed by atoms with Crippen molar-refractivity contribution >= 4 is 6.09 Å². The Morgan fingerprint density at radius 2 is 1.26 bits per heavy atom. The summed E-state index contributed by atoms with van der Waals surface area (Å²) in [5, 5.41) is 0. The van der Waals surface area contributed by atoms with Gasteiger partial charge in [-0.1, -0.05) is 30.3 Å². The molecule has 9 heteroatoms. The van der Waals surface area contributed by atoms with Crippen molar-refractivity contribution in [2.24, 2.45) is 0 Å². The summed E-state index contributed by atoms with van der Waals surface area (Å²) in [5.74, 6) is 3.56. The van der Waals surface area contributed by atoms with Gasteiger partial charge in [0, 0.05) is 0 Å². The van der Waals surface area contributed by atoms with Crippen molar-refractivity contribution in [3.63, 3.8) is 0 Å². The van der Waals surface area contributed by atoms with Gasteiger partial charge >= 0.3 is 6.09 Å². The van der Waals surface area contributed by atoms with Crippen molar-refractivity contribution < 1.29 is 38.0 Å². The molecule has 0 bridgehead atoms. The van der Waals surface area contributed by atoms with Crippen LogP contribution in [0.3, 0.4) is 0 Å². The molecule has 3 rings (SSSR count). The number of rotatable bonds is 15. The molecule has 0 atom stereocenters. The van der Waals surface area contributed by atoms with E-state index in [1.54, 1.807) is 26.4 Å². The molecule has 0 saturated carbocycles. The Bertz CT molecular complexity index is 1110. The molecule has 0 aliphatic rings. The minimum Gasteiger partial charge on any atom is -0.494 e. The first-order valence-corrected chi connectivity index (χ1v) is 12.3. The van der Waals surface area contributed by atoms with Gasteiger partial charge in [0.15, 0.2) is 23.0 Å². The van der Waals surface area contributed by atoms with E-state index in [0.717, 1.165) is 11.3 Å². The van der Waals surface area contributed by atoms with Gasteiger partial charge in [-0.2, -0.15) is 0 Å². The first-order valence-electron chi connectivity index (χ1n) is 12.3. The Hall–Kier alpha value is -4.27. The Kier molecular flexibility index (Phi) is 11.2. The second kappa shape index (κ2) is 15.1. The van der Waals surface area contributed by atoms with Crippen LogP contribution in [-0.2, 0) is 11.3 Å². The number of methoxy groups -OCH3 is 3. The van der Waals surface area contributed by atoms with Gasteiger partial charge in [0.25, 0.3) is 0 Å². The van der Waals surface area contributed by atoms with Crippen LogP contribution in [0.4, 0.5) is 4.79 Å². The predicted molar refractivity (Wildman–Crippen MR) is 143 cm³/mol.